The molecule has 0 saturated carbocycles. The molecule has 6 rings (SSSR count). The first-order chi connectivity index (χ1) is 27.8. The van der Waals surface area contributed by atoms with Crippen molar-refractivity contribution in [3.63, 3.8) is 0 Å². The molecule has 314 valence electrons. The molecule has 0 spiro atoms. The molecule has 9 atom stereocenters. The number of carbonyl (C=O) groups is 2. The van der Waals surface area contributed by atoms with E-state index in [1.807, 2.05) is 19.9 Å². The van der Waals surface area contributed by atoms with Crippen LogP contribution in [0.25, 0.3) is 33.0 Å². The summed E-state index contributed by atoms with van der Waals surface area (Å²) in [6, 6.07) is 1.82. The lowest BCUT2D eigenvalue weighted by molar-refractivity contribution is -0.112. The van der Waals surface area contributed by atoms with Crippen LogP contribution in [0.1, 0.15) is 74.2 Å². The van der Waals surface area contributed by atoms with Crippen LogP contribution in [0.5, 0.6) is 11.5 Å². The van der Waals surface area contributed by atoms with Gasteiger partial charge in [0.25, 0.3) is 11.7 Å². The molecule has 0 fully saturated rings. The van der Waals surface area contributed by atoms with Crippen LogP contribution in [0.2, 0.25) is 0 Å². The Hall–Kier alpha value is -5.34. The Kier molecular flexibility index (Phi) is 12.0. The van der Waals surface area contributed by atoms with Gasteiger partial charge < -0.3 is 44.4 Å². The molecule has 5 bridgehead atoms. The first kappa shape index (κ1) is 43.2. The van der Waals surface area contributed by atoms with Crippen molar-refractivity contribution in [2.75, 3.05) is 12.4 Å². The molecule has 0 aliphatic carbocycles. The summed E-state index contributed by atoms with van der Waals surface area (Å²) in [6.45, 7) is 19.1. The Bertz CT molecular complexity index is 2530. The molecule has 0 radical (unpaired) electrons. The van der Waals surface area contributed by atoms with Crippen LogP contribution in [-0.4, -0.2) is 74.4 Å². The Labute approximate surface area is 342 Å². The first-order valence-corrected chi connectivity index (χ1v) is 19.8. The van der Waals surface area contributed by atoms with E-state index < -0.39 is 76.7 Å². The minimum atomic E-state index is -2.01. The number of ether oxygens (including phenoxy) is 3. The van der Waals surface area contributed by atoms with Crippen molar-refractivity contribution >= 4 is 50.3 Å². The summed E-state index contributed by atoms with van der Waals surface area (Å²) in [6.07, 6.45) is 5.71. The second-order valence-corrected chi connectivity index (χ2v) is 16.3. The summed E-state index contributed by atoms with van der Waals surface area (Å²) in [5.41, 5.74) is 2.53. The molecule has 1 aromatic heterocycles. The highest BCUT2D eigenvalue weighted by Crippen LogP contribution is 2.48. The van der Waals surface area contributed by atoms with Gasteiger partial charge in [0, 0.05) is 59.8 Å². The molecule has 3 heterocycles. The number of carbonyl (C=O) groups excluding carboxylic acids is 2. The van der Waals surface area contributed by atoms with Crippen molar-refractivity contribution < 1.29 is 48.6 Å². The highest BCUT2D eigenvalue weighted by molar-refractivity contribution is 6.26. The topological polar surface area (TPSA) is 198 Å². The predicted octanol–water partition coefficient (Wildman–Crippen LogP) is 6.77. The number of aliphatic hydroxyl groups is 3. The number of aryl methyl sites for hydroxylation is 1. The zero-order chi connectivity index (χ0) is 43.4. The summed E-state index contributed by atoms with van der Waals surface area (Å²) in [7, 11) is 1.45. The van der Waals surface area contributed by atoms with E-state index in [4.69, 9.17) is 23.6 Å². The number of hydrogen-bond acceptors (Lipinski definition) is 12. The van der Waals surface area contributed by atoms with Gasteiger partial charge in [0.1, 0.15) is 22.5 Å². The molecule has 13 heteroatoms. The zero-order valence-electron chi connectivity index (χ0n) is 35.2. The second-order valence-electron chi connectivity index (χ2n) is 16.3. The molecule has 1 amide bonds. The van der Waals surface area contributed by atoms with Crippen LogP contribution in [0.3, 0.4) is 0 Å². The number of phenolic OH excluding ortho intramolecular Hbond substituents is 1. The van der Waals surface area contributed by atoms with Crippen molar-refractivity contribution in [1.29, 1.82) is 0 Å². The van der Waals surface area contributed by atoms with Crippen molar-refractivity contribution in [1.82, 2.24) is 4.98 Å². The molecule has 4 aromatic rings. The Morgan fingerprint density at radius 2 is 1.59 bits per heavy atom. The number of allylic oxidation sites excluding steroid dienone is 3. The van der Waals surface area contributed by atoms with E-state index in [-0.39, 0.29) is 50.0 Å². The van der Waals surface area contributed by atoms with Crippen LogP contribution in [0.4, 0.5) is 5.69 Å². The fraction of sp³-hybridized carbons (Fsp3) is 0.435. The fourth-order valence-electron chi connectivity index (χ4n) is 8.25. The largest absolute Gasteiger partial charge is 0.505 e. The fourth-order valence-corrected chi connectivity index (χ4v) is 8.25. The van der Waals surface area contributed by atoms with Gasteiger partial charge in [0.2, 0.25) is 0 Å². The maximum Gasteiger partial charge on any atom is 0.312 e. The number of hydrogen-bond donors (Lipinski definition) is 5. The van der Waals surface area contributed by atoms with E-state index in [0.717, 1.165) is 16.7 Å². The quantitative estimate of drug-likeness (QED) is 0.0631. The van der Waals surface area contributed by atoms with Gasteiger partial charge in [0.15, 0.2) is 22.3 Å². The van der Waals surface area contributed by atoms with Gasteiger partial charge in [-0.1, -0.05) is 52.0 Å². The maximum absolute atomic E-state index is 14.6. The van der Waals surface area contributed by atoms with Gasteiger partial charge in [-0.05, 0) is 57.4 Å². The molecule has 2 aliphatic rings. The number of Topliss-reactive ketones (excluding diaryl/α,β-unsaturated/α-hetero) is 1. The van der Waals surface area contributed by atoms with Crippen LogP contribution >= 0.6 is 0 Å². The third-order valence-corrected chi connectivity index (χ3v) is 12.4. The van der Waals surface area contributed by atoms with Crippen molar-refractivity contribution in [3.8, 4) is 11.5 Å². The van der Waals surface area contributed by atoms with Gasteiger partial charge in [-0.3, -0.25) is 14.4 Å². The number of rotatable bonds is 3. The molecule has 3 aromatic carbocycles. The lowest BCUT2D eigenvalue weighted by atomic mass is 9.78. The minimum absolute atomic E-state index is 0.0119. The number of ketones is 1. The first-order valence-electron chi connectivity index (χ1n) is 19.8. The number of amides is 1. The average Bonchev–Trinajstić information content (AvgIpc) is 3.47. The van der Waals surface area contributed by atoms with E-state index in [9.17, 15) is 34.8 Å². The van der Waals surface area contributed by atoms with Crippen LogP contribution in [0, 0.1) is 44.4 Å². The molecule has 5 N–H and O–H groups in total. The number of fused-ring (bicyclic) bond motifs is 5. The number of phenols is 1. The lowest BCUT2D eigenvalue weighted by Crippen LogP contribution is -2.44. The summed E-state index contributed by atoms with van der Waals surface area (Å²) >= 11 is 0. The van der Waals surface area contributed by atoms with E-state index in [0.29, 0.717) is 17.5 Å². The highest BCUT2D eigenvalue weighted by Gasteiger charge is 2.49. The van der Waals surface area contributed by atoms with Crippen LogP contribution in [0.15, 0.2) is 64.1 Å². The van der Waals surface area contributed by atoms with E-state index in [1.54, 1.807) is 52.8 Å². The van der Waals surface area contributed by atoms with Gasteiger partial charge in [-0.25, -0.2) is 4.98 Å². The number of anilines is 1. The molecule has 59 heavy (non-hydrogen) atoms. The Morgan fingerprint density at radius 1 is 0.932 bits per heavy atom. The second kappa shape index (κ2) is 16.4. The van der Waals surface area contributed by atoms with Gasteiger partial charge in [0.05, 0.1) is 41.6 Å². The smallest absolute Gasteiger partial charge is 0.312 e. The molecule has 13 nitrogen and oxygen atoms in total. The van der Waals surface area contributed by atoms with Gasteiger partial charge >= 0.3 is 5.79 Å². The third kappa shape index (κ3) is 7.34. The summed E-state index contributed by atoms with van der Waals surface area (Å²) in [5.74, 6) is -6.46. The predicted molar refractivity (Wildman–Crippen MR) is 226 cm³/mol. The Balaban J connectivity index is 1.64. The molecule has 0 unspecified atom stereocenters. The van der Waals surface area contributed by atoms with Crippen LogP contribution in [-0.2, 0) is 20.7 Å². The molecule has 0 saturated heterocycles. The summed E-state index contributed by atoms with van der Waals surface area (Å²) < 4.78 is 24.5. The third-order valence-electron chi connectivity index (χ3n) is 12.4. The van der Waals surface area contributed by atoms with Crippen molar-refractivity contribution in [2.45, 2.75) is 98.9 Å². The van der Waals surface area contributed by atoms with Crippen LogP contribution < -0.4 is 15.5 Å². The monoisotopic (exact) mass is 810 g/mol. The number of aromatic hydroxyl groups is 1. The van der Waals surface area contributed by atoms with Crippen molar-refractivity contribution in [2.24, 2.45) is 23.7 Å². The highest BCUT2D eigenvalue weighted by atomic mass is 16.7. The maximum atomic E-state index is 14.6. The Morgan fingerprint density at radius 3 is 2.25 bits per heavy atom. The SMILES string of the molecule is C=CCc1c(C)c(C)cc2nc3c(oc12)c1c(O)c2c(=O)c(C)c4c(c23)C(=O)[C@@](C)(O/C=C/[C@H](OC)[C@@H](C)[C@@H](O)[C@H](C)[C@H](O)[C@H](C)[C@@H](O)[C@@H](C)/C=C/C=C(/C)C(=O)N1)O4. The summed E-state index contributed by atoms with van der Waals surface area (Å²) in [4.78, 5) is 47.8. The molecule has 2 aliphatic heterocycles. The standard InChI is InChI=1S/C46H54N2O11/c1-12-14-28-23(5)22(4)19-29-42(28)58-43-34(47-29)31-32-39(52)27(9)41-33(31)44(54)46(10,59-41)57-18-17-30(56-11)24(6)37(50)26(8)38(51)25(7)36(49)20(2)15-13-16-21(3)45(55)48-35(43)40(32)53/h12-13,15-20,24-26,30,36-38,49-51,53H,1,14H2,2-11H3,(H,48,55)/b15-13+,18-17+,21-16-/t20-,24+,25+,26-,30-,36-,37+,38+,46-/m0/s1. The molecular weight excluding hydrogens is 757 g/mol. The van der Waals surface area contributed by atoms with E-state index >= 15 is 0 Å². The van der Waals surface area contributed by atoms with Gasteiger partial charge in [-0.2, -0.15) is 0 Å². The number of benzene rings is 3. The van der Waals surface area contributed by atoms with E-state index in [1.165, 1.54) is 39.4 Å². The number of methoxy groups -OCH3 is 1. The number of aromatic nitrogens is 1. The van der Waals surface area contributed by atoms with Crippen molar-refractivity contribution in [3.05, 3.63) is 92.9 Å². The normalized spacial score (nSPS) is 30.2. The van der Waals surface area contributed by atoms with E-state index in [2.05, 4.69) is 11.9 Å². The number of aliphatic hydroxyl groups excluding tert-OH is 3. The molecular formula is C46H54N2O11. The minimum Gasteiger partial charge on any atom is -0.505 e. The number of nitrogens with zero attached hydrogens (tertiary/aromatic N) is 1. The lowest BCUT2D eigenvalue weighted by Gasteiger charge is -2.36. The number of nitrogens with one attached hydrogen (secondary N) is 1. The summed E-state index contributed by atoms with van der Waals surface area (Å²) in [5, 5.41) is 48.5. The average molecular weight is 811 g/mol. The zero-order valence-corrected chi connectivity index (χ0v) is 35.2. The van der Waals surface area contributed by atoms with Gasteiger partial charge in [-0.15, -0.1) is 6.58 Å².